The van der Waals surface area contributed by atoms with Crippen molar-refractivity contribution >= 4 is 21.7 Å². The van der Waals surface area contributed by atoms with Crippen LogP contribution in [0, 0.1) is 0 Å². The topological polar surface area (TPSA) is 79.4 Å². The molecule has 2 amide bonds. The Morgan fingerprint density at radius 3 is 2.40 bits per heavy atom. The van der Waals surface area contributed by atoms with Gasteiger partial charge >= 0.3 is 6.03 Å². The van der Waals surface area contributed by atoms with Gasteiger partial charge in [-0.2, -0.15) is 4.31 Å². The molecule has 30 heavy (non-hydrogen) atoms. The van der Waals surface area contributed by atoms with Gasteiger partial charge in [0.05, 0.1) is 10.9 Å². The Labute approximate surface area is 180 Å². The molecule has 1 atom stereocenters. The molecule has 1 heterocycles. The largest absolute Gasteiger partial charge is 0.336 e. The number of hydrogen-bond donors (Lipinski definition) is 1. The Morgan fingerprint density at radius 1 is 1.03 bits per heavy atom. The van der Waals surface area contributed by atoms with Crippen LogP contribution in [-0.4, -0.2) is 24.7 Å². The Balaban J connectivity index is 2.18. The van der Waals surface area contributed by atoms with Crippen LogP contribution in [0.3, 0.4) is 0 Å². The summed E-state index contributed by atoms with van der Waals surface area (Å²) >= 11 is 0. The van der Waals surface area contributed by atoms with E-state index in [1.165, 1.54) is 0 Å². The molecular formula is C23H33N3O3S. The van der Waals surface area contributed by atoms with Gasteiger partial charge in [0.25, 0.3) is 0 Å². The van der Waals surface area contributed by atoms with Gasteiger partial charge in [0.2, 0.25) is 10.0 Å². The van der Waals surface area contributed by atoms with Gasteiger partial charge in [-0.1, -0.05) is 70.2 Å². The van der Waals surface area contributed by atoms with Gasteiger partial charge in [0.15, 0.2) is 0 Å². The number of benzene rings is 1. The number of carbonyl (C=O) groups excluding carboxylic acids is 1. The zero-order valence-electron chi connectivity index (χ0n) is 18.0. The molecule has 0 aliphatic rings. The van der Waals surface area contributed by atoms with E-state index in [9.17, 15) is 13.2 Å². The summed E-state index contributed by atoms with van der Waals surface area (Å²) in [5.41, 5.74) is 1.16. The van der Waals surface area contributed by atoms with Crippen LogP contribution in [0.25, 0.3) is 0 Å². The number of amides is 2. The molecular weight excluding hydrogens is 398 g/mol. The minimum Gasteiger partial charge on any atom is -0.333 e. The first-order chi connectivity index (χ1) is 14.5. The third-order valence-electron chi connectivity index (χ3n) is 5.10. The van der Waals surface area contributed by atoms with Crippen LogP contribution in [-0.2, 0) is 16.6 Å². The highest BCUT2D eigenvalue weighted by atomic mass is 32.2. The smallest absolute Gasteiger partial charge is 0.333 e. The van der Waals surface area contributed by atoms with Crippen molar-refractivity contribution in [3.63, 3.8) is 0 Å². The van der Waals surface area contributed by atoms with Crippen molar-refractivity contribution in [2.75, 3.05) is 4.31 Å². The lowest BCUT2D eigenvalue weighted by molar-refractivity contribution is 0.249. The van der Waals surface area contributed by atoms with Crippen LogP contribution in [0.1, 0.15) is 64.4 Å². The van der Waals surface area contributed by atoms with E-state index in [2.05, 4.69) is 17.2 Å². The van der Waals surface area contributed by atoms with E-state index in [0.29, 0.717) is 18.5 Å². The number of unbranched alkanes of at least 4 members (excludes halogenated alkanes) is 4. The summed E-state index contributed by atoms with van der Waals surface area (Å²) < 4.78 is 27.9. The molecule has 2 aromatic rings. The van der Waals surface area contributed by atoms with E-state index < -0.39 is 21.3 Å². The highest BCUT2D eigenvalue weighted by molar-refractivity contribution is 7.94. The second kappa shape index (κ2) is 12.3. The van der Waals surface area contributed by atoms with E-state index in [-0.39, 0.29) is 6.54 Å². The molecule has 0 fully saturated rings. The van der Waals surface area contributed by atoms with Gasteiger partial charge in [-0.15, -0.1) is 0 Å². The first kappa shape index (κ1) is 23.9. The predicted molar refractivity (Wildman–Crippen MR) is 122 cm³/mol. The molecule has 0 bridgehead atoms. The van der Waals surface area contributed by atoms with E-state index in [1.54, 1.807) is 48.8 Å². The highest BCUT2D eigenvalue weighted by Crippen LogP contribution is 2.25. The molecule has 1 unspecified atom stereocenters. The fourth-order valence-corrected chi connectivity index (χ4v) is 5.28. The van der Waals surface area contributed by atoms with Crippen molar-refractivity contribution in [1.29, 1.82) is 0 Å². The van der Waals surface area contributed by atoms with Crippen LogP contribution in [0.5, 0.6) is 0 Å². The number of sulfonamides is 1. The third-order valence-corrected chi connectivity index (χ3v) is 7.40. The number of anilines is 1. The number of aromatic nitrogens is 1. The maximum atomic E-state index is 13.5. The van der Waals surface area contributed by atoms with Crippen LogP contribution in [0.2, 0.25) is 0 Å². The Kier molecular flexibility index (Phi) is 9.80. The summed E-state index contributed by atoms with van der Waals surface area (Å²) in [4.78, 5) is 17.0. The summed E-state index contributed by atoms with van der Waals surface area (Å²) in [7, 11) is -3.86. The maximum absolute atomic E-state index is 13.5. The molecule has 2 rings (SSSR count). The van der Waals surface area contributed by atoms with Crippen molar-refractivity contribution < 1.29 is 13.2 Å². The van der Waals surface area contributed by atoms with Crippen molar-refractivity contribution in [3.05, 3.63) is 60.4 Å². The molecule has 6 nitrogen and oxygen atoms in total. The van der Waals surface area contributed by atoms with E-state index in [0.717, 1.165) is 42.0 Å². The molecule has 0 spiro atoms. The lowest BCUT2D eigenvalue weighted by Crippen LogP contribution is -2.47. The van der Waals surface area contributed by atoms with Crippen LogP contribution in [0.15, 0.2) is 54.9 Å². The molecule has 0 aliphatic carbocycles. The average Bonchev–Trinajstić information content (AvgIpc) is 2.76. The first-order valence-electron chi connectivity index (χ1n) is 10.8. The monoisotopic (exact) mass is 431 g/mol. The van der Waals surface area contributed by atoms with Crippen LogP contribution >= 0.6 is 0 Å². The minimum atomic E-state index is -3.86. The number of rotatable bonds is 12. The number of nitrogens with one attached hydrogen (secondary N) is 1. The van der Waals surface area contributed by atoms with Crippen LogP contribution < -0.4 is 9.62 Å². The van der Waals surface area contributed by atoms with Crippen molar-refractivity contribution in [2.24, 2.45) is 0 Å². The summed E-state index contributed by atoms with van der Waals surface area (Å²) in [5.74, 6) is 0. The maximum Gasteiger partial charge on any atom is 0.336 e. The molecule has 164 valence electrons. The van der Waals surface area contributed by atoms with Gasteiger partial charge in [0.1, 0.15) is 0 Å². The molecule has 0 aliphatic heterocycles. The van der Waals surface area contributed by atoms with Crippen LogP contribution in [0.4, 0.5) is 10.5 Å². The predicted octanol–water partition coefficient (Wildman–Crippen LogP) is 5.27. The minimum absolute atomic E-state index is 0.208. The van der Waals surface area contributed by atoms with Crippen molar-refractivity contribution in [2.45, 2.75) is 70.6 Å². The average molecular weight is 432 g/mol. The summed E-state index contributed by atoms with van der Waals surface area (Å²) in [6.07, 6.45) is 9.60. The van der Waals surface area contributed by atoms with E-state index in [1.807, 2.05) is 13.0 Å². The zero-order chi connectivity index (χ0) is 21.8. The molecule has 1 N–H and O–H groups in total. The molecule has 1 aromatic carbocycles. The molecule has 7 heteroatoms. The number of para-hydroxylation sites is 1. The SMILES string of the molecule is CCCCCCCC(CC)S(=O)(=O)N(C(=O)NCc1cccnc1)c1ccccc1. The number of urea groups is 1. The molecule has 1 aromatic heterocycles. The lowest BCUT2D eigenvalue weighted by Gasteiger charge is -2.27. The Morgan fingerprint density at radius 2 is 1.77 bits per heavy atom. The van der Waals surface area contributed by atoms with Crippen molar-refractivity contribution in [1.82, 2.24) is 10.3 Å². The van der Waals surface area contributed by atoms with Gasteiger partial charge in [-0.3, -0.25) is 4.98 Å². The van der Waals surface area contributed by atoms with Crippen molar-refractivity contribution in [3.8, 4) is 0 Å². The quantitative estimate of drug-likeness (QED) is 0.465. The van der Waals surface area contributed by atoms with E-state index >= 15 is 0 Å². The molecule has 0 radical (unpaired) electrons. The normalized spacial score (nSPS) is 12.3. The standard InChI is InChI=1S/C23H33N3O3S/c1-3-5-6-7-11-16-22(4-2)30(28,29)26(21-14-9-8-10-15-21)23(27)25-19-20-13-12-17-24-18-20/h8-10,12-15,17-18,22H,3-7,11,16,19H2,1-2H3,(H,25,27). The Hall–Kier alpha value is -2.41. The van der Waals surface area contributed by atoms with Gasteiger partial charge in [-0.05, 0) is 36.6 Å². The number of nitrogens with zero attached hydrogens (tertiary/aromatic N) is 2. The fraction of sp³-hybridized carbons (Fsp3) is 0.478. The fourth-order valence-electron chi connectivity index (χ4n) is 3.38. The summed E-state index contributed by atoms with van der Waals surface area (Å²) in [5, 5.41) is 2.14. The molecule has 0 saturated carbocycles. The second-order valence-electron chi connectivity index (χ2n) is 7.40. The summed E-state index contributed by atoms with van der Waals surface area (Å²) in [6, 6.07) is 11.5. The van der Waals surface area contributed by atoms with Gasteiger partial charge < -0.3 is 5.32 Å². The number of pyridine rings is 1. The highest BCUT2D eigenvalue weighted by Gasteiger charge is 2.35. The van der Waals surface area contributed by atoms with Gasteiger partial charge in [-0.25, -0.2) is 13.2 Å². The second-order valence-corrected chi connectivity index (χ2v) is 9.46. The Bertz CT molecular complexity index is 858. The third kappa shape index (κ3) is 6.83. The molecule has 0 saturated heterocycles. The van der Waals surface area contributed by atoms with E-state index in [4.69, 9.17) is 0 Å². The summed E-state index contributed by atoms with van der Waals surface area (Å²) in [6.45, 7) is 4.23. The van der Waals surface area contributed by atoms with Gasteiger partial charge in [0, 0.05) is 18.9 Å². The number of hydrogen-bond acceptors (Lipinski definition) is 4. The zero-order valence-corrected chi connectivity index (χ0v) is 18.8. The lowest BCUT2D eigenvalue weighted by atomic mass is 10.1. The first-order valence-corrected chi connectivity index (χ1v) is 12.3. The number of carbonyl (C=O) groups is 1.